The molecular formula is C26H20F6N4O2. The zero-order valence-electron chi connectivity index (χ0n) is 19.3. The molecule has 0 bridgehead atoms. The van der Waals surface area contributed by atoms with Gasteiger partial charge in [-0.25, -0.2) is 0 Å². The SMILES string of the molecule is NNc1ccc(Oc2ccc(-c3ccc(Oc4ccc(NN)cc4C(F)(F)F)cc3)cc2)c(C(F)(F)F)c1. The predicted molar refractivity (Wildman–Crippen MR) is 131 cm³/mol. The molecule has 0 aliphatic carbocycles. The molecule has 0 aliphatic rings. The van der Waals surface area contributed by atoms with E-state index < -0.39 is 23.5 Å². The van der Waals surface area contributed by atoms with Crippen LogP contribution >= 0.6 is 0 Å². The van der Waals surface area contributed by atoms with Crippen LogP contribution in [0, 0.1) is 0 Å². The fourth-order valence-electron chi connectivity index (χ4n) is 3.55. The first-order valence-corrected chi connectivity index (χ1v) is 10.9. The standard InChI is InChI=1S/C26H20F6N4O2/c27-25(28,29)21-13-17(35-33)5-11-23(21)37-19-7-1-15(2-8-19)16-3-9-20(10-4-16)38-24-12-6-18(36-34)14-22(24)26(30,31)32/h1-14,35-36H,33-34H2. The maximum atomic E-state index is 13.4. The van der Waals surface area contributed by atoms with Crippen LogP contribution in [0.3, 0.4) is 0 Å². The molecule has 0 unspecified atom stereocenters. The Balaban J connectivity index is 1.50. The summed E-state index contributed by atoms with van der Waals surface area (Å²) in [4.78, 5) is 0. The van der Waals surface area contributed by atoms with Crippen LogP contribution < -0.4 is 32.0 Å². The van der Waals surface area contributed by atoms with Gasteiger partial charge in [0.1, 0.15) is 34.1 Å². The smallest absolute Gasteiger partial charge is 0.420 e. The van der Waals surface area contributed by atoms with Gasteiger partial charge in [0.2, 0.25) is 0 Å². The highest BCUT2D eigenvalue weighted by Gasteiger charge is 2.36. The molecule has 4 aromatic carbocycles. The number of ether oxygens (including phenoxy) is 2. The molecule has 0 atom stereocenters. The van der Waals surface area contributed by atoms with E-state index in [4.69, 9.17) is 21.2 Å². The van der Waals surface area contributed by atoms with Gasteiger partial charge in [0.05, 0.1) is 0 Å². The second kappa shape index (κ2) is 10.5. The molecule has 0 radical (unpaired) electrons. The lowest BCUT2D eigenvalue weighted by Gasteiger charge is -2.16. The zero-order valence-corrected chi connectivity index (χ0v) is 19.3. The third-order valence-electron chi connectivity index (χ3n) is 5.40. The molecule has 198 valence electrons. The predicted octanol–water partition coefficient (Wildman–Crippen LogP) is 7.55. The minimum Gasteiger partial charge on any atom is -0.457 e. The molecule has 38 heavy (non-hydrogen) atoms. The first-order valence-electron chi connectivity index (χ1n) is 10.9. The summed E-state index contributed by atoms with van der Waals surface area (Å²) in [6, 6.07) is 19.2. The van der Waals surface area contributed by atoms with Gasteiger partial charge >= 0.3 is 12.4 Å². The van der Waals surface area contributed by atoms with Gasteiger partial charge in [0.15, 0.2) is 0 Å². The Morgan fingerprint density at radius 2 is 0.842 bits per heavy atom. The van der Waals surface area contributed by atoms with Crippen molar-refractivity contribution < 1.29 is 35.8 Å². The number of hydrazine groups is 2. The van der Waals surface area contributed by atoms with Crippen LogP contribution in [-0.4, -0.2) is 0 Å². The van der Waals surface area contributed by atoms with E-state index >= 15 is 0 Å². The zero-order chi connectivity index (χ0) is 27.5. The van der Waals surface area contributed by atoms with Gasteiger partial charge in [-0.05, 0) is 71.8 Å². The molecule has 0 spiro atoms. The van der Waals surface area contributed by atoms with E-state index in [1.54, 1.807) is 24.3 Å². The molecular weight excluding hydrogens is 514 g/mol. The fourth-order valence-corrected chi connectivity index (χ4v) is 3.55. The number of rotatable bonds is 7. The van der Waals surface area contributed by atoms with E-state index in [0.717, 1.165) is 24.3 Å². The molecule has 0 amide bonds. The summed E-state index contributed by atoms with van der Waals surface area (Å²) in [7, 11) is 0. The number of anilines is 2. The van der Waals surface area contributed by atoms with Crippen molar-refractivity contribution in [2.24, 2.45) is 11.7 Å². The van der Waals surface area contributed by atoms with Crippen LogP contribution in [0.15, 0.2) is 84.9 Å². The van der Waals surface area contributed by atoms with Gasteiger partial charge in [-0.3, -0.25) is 11.7 Å². The quantitative estimate of drug-likeness (QED) is 0.111. The van der Waals surface area contributed by atoms with Crippen molar-refractivity contribution in [1.29, 1.82) is 0 Å². The van der Waals surface area contributed by atoms with Crippen LogP contribution in [0.2, 0.25) is 0 Å². The van der Waals surface area contributed by atoms with Gasteiger partial charge in [0, 0.05) is 11.4 Å². The van der Waals surface area contributed by atoms with Crippen molar-refractivity contribution >= 4 is 11.4 Å². The number of nitrogen functional groups attached to an aromatic ring is 2. The Morgan fingerprint density at radius 3 is 1.13 bits per heavy atom. The van der Waals surface area contributed by atoms with Gasteiger partial charge in [-0.15, -0.1) is 0 Å². The second-order valence-electron chi connectivity index (χ2n) is 7.96. The van der Waals surface area contributed by atoms with Crippen LogP contribution in [0.1, 0.15) is 11.1 Å². The molecule has 6 N–H and O–H groups in total. The Kier molecular flexibility index (Phi) is 7.37. The summed E-state index contributed by atoms with van der Waals surface area (Å²) >= 11 is 0. The summed E-state index contributed by atoms with van der Waals surface area (Å²) in [5.41, 5.74) is 3.89. The molecule has 0 saturated carbocycles. The largest absolute Gasteiger partial charge is 0.457 e. The highest BCUT2D eigenvalue weighted by atomic mass is 19.4. The third kappa shape index (κ3) is 6.10. The molecule has 0 heterocycles. The summed E-state index contributed by atoms with van der Waals surface area (Å²) in [6.07, 6.45) is -9.31. The second-order valence-corrected chi connectivity index (χ2v) is 7.96. The Labute approximate surface area is 212 Å². The normalized spacial score (nSPS) is 11.7. The Hall–Kier alpha value is -4.42. The van der Waals surface area contributed by atoms with Crippen molar-refractivity contribution in [1.82, 2.24) is 0 Å². The lowest BCUT2D eigenvalue weighted by Crippen LogP contribution is -2.11. The number of benzene rings is 4. The van der Waals surface area contributed by atoms with Crippen molar-refractivity contribution in [3.63, 3.8) is 0 Å². The average Bonchev–Trinajstić information content (AvgIpc) is 2.89. The van der Waals surface area contributed by atoms with Crippen LogP contribution in [0.25, 0.3) is 11.1 Å². The molecule has 6 nitrogen and oxygen atoms in total. The summed E-state index contributed by atoms with van der Waals surface area (Å²) in [5.74, 6) is 9.96. The average molecular weight is 534 g/mol. The van der Waals surface area contributed by atoms with E-state index in [-0.39, 0.29) is 34.4 Å². The van der Waals surface area contributed by atoms with Gasteiger partial charge < -0.3 is 20.3 Å². The van der Waals surface area contributed by atoms with E-state index in [2.05, 4.69) is 10.9 Å². The van der Waals surface area contributed by atoms with E-state index in [1.807, 2.05) is 0 Å². The first kappa shape index (κ1) is 26.6. The molecule has 0 aliphatic heterocycles. The van der Waals surface area contributed by atoms with Gasteiger partial charge in [-0.2, -0.15) is 26.3 Å². The maximum Gasteiger partial charge on any atom is 0.420 e. The highest BCUT2D eigenvalue weighted by molar-refractivity contribution is 5.65. The maximum absolute atomic E-state index is 13.4. The summed E-state index contributed by atoms with van der Waals surface area (Å²) < 4.78 is 91.4. The van der Waals surface area contributed by atoms with Crippen molar-refractivity contribution in [2.75, 3.05) is 10.9 Å². The van der Waals surface area contributed by atoms with Crippen molar-refractivity contribution in [3.05, 3.63) is 96.1 Å². The van der Waals surface area contributed by atoms with E-state index in [9.17, 15) is 26.3 Å². The topological polar surface area (TPSA) is 94.6 Å². The number of nitrogens with one attached hydrogen (secondary N) is 2. The van der Waals surface area contributed by atoms with Crippen LogP contribution in [0.4, 0.5) is 37.7 Å². The number of halogens is 6. The van der Waals surface area contributed by atoms with Gasteiger partial charge in [0.25, 0.3) is 0 Å². The summed E-state index contributed by atoms with van der Waals surface area (Å²) in [6.45, 7) is 0. The third-order valence-corrected chi connectivity index (χ3v) is 5.40. The molecule has 4 rings (SSSR count). The van der Waals surface area contributed by atoms with E-state index in [1.165, 1.54) is 36.4 Å². The fraction of sp³-hybridized carbons (Fsp3) is 0.0769. The van der Waals surface area contributed by atoms with E-state index in [0.29, 0.717) is 11.1 Å². The lowest BCUT2D eigenvalue weighted by atomic mass is 10.1. The first-order chi connectivity index (χ1) is 18.0. The van der Waals surface area contributed by atoms with Crippen molar-refractivity contribution in [2.45, 2.75) is 12.4 Å². The summed E-state index contributed by atoms with van der Waals surface area (Å²) in [5, 5.41) is 0. The number of hydrogen-bond acceptors (Lipinski definition) is 6. The Bertz CT molecular complexity index is 1300. The monoisotopic (exact) mass is 534 g/mol. The molecule has 0 aromatic heterocycles. The Morgan fingerprint density at radius 1 is 0.500 bits per heavy atom. The molecule has 12 heteroatoms. The van der Waals surface area contributed by atoms with Crippen molar-refractivity contribution in [3.8, 4) is 34.1 Å². The number of alkyl halides is 6. The highest BCUT2D eigenvalue weighted by Crippen LogP contribution is 2.41. The minimum absolute atomic E-state index is 0.0756. The van der Waals surface area contributed by atoms with Crippen LogP contribution in [-0.2, 0) is 12.4 Å². The van der Waals surface area contributed by atoms with Crippen LogP contribution in [0.5, 0.6) is 23.0 Å². The lowest BCUT2D eigenvalue weighted by molar-refractivity contribution is -0.139. The van der Waals surface area contributed by atoms with Gasteiger partial charge in [-0.1, -0.05) is 24.3 Å². The number of nitrogens with two attached hydrogens (primary N) is 2. The molecule has 0 fully saturated rings. The minimum atomic E-state index is -4.66. The molecule has 4 aromatic rings. The molecule has 0 saturated heterocycles. The number of hydrogen-bond donors (Lipinski definition) is 4.